The number of nitriles is 2. The van der Waals surface area contributed by atoms with Crippen molar-refractivity contribution in [2.75, 3.05) is 4.90 Å². The zero-order valence-electron chi connectivity index (χ0n) is 28.7. The minimum absolute atomic E-state index is 0.457. The summed E-state index contributed by atoms with van der Waals surface area (Å²) >= 11 is 0. The van der Waals surface area contributed by atoms with Crippen molar-refractivity contribution in [1.29, 1.82) is 10.5 Å². The minimum atomic E-state index is -0.457. The van der Waals surface area contributed by atoms with Gasteiger partial charge >= 0.3 is 0 Å². The van der Waals surface area contributed by atoms with Crippen molar-refractivity contribution in [1.82, 2.24) is 9.13 Å². The predicted molar refractivity (Wildman–Crippen MR) is 211 cm³/mol. The molecular formula is C47H31N5. The number of para-hydroxylation sites is 4. The molecule has 5 nitrogen and oxygen atoms in total. The summed E-state index contributed by atoms with van der Waals surface area (Å²) in [5.41, 5.74) is 12.4. The van der Waals surface area contributed by atoms with E-state index >= 15 is 0 Å². The molecular weight excluding hydrogens is 635 g/mol. The number of hydrogen-bond donors (Lipinski definition) is 0. The number of rotatable bonds is 3. The highest BCUT2D eigenvalue weighted by molar-refractivity contribution is 6.11. The Morgan fingerprint density at radius 2 is 0.769 bits per heavy atom. The molecule has 5 heteroatoms. The molecule has 0 atom stereocenters. The fourth-order valence-corrected chi connectivity index (χ4v) is 8.52. The maximum atomic E-state index is 9.99. The fraction of sp³-hybridized carbons (Fsp3) is 0.0638. The minimum Gasteiger partial charge on any atom is -0.310 e. The van der Waals surface area contributed by atoms with Crippen molar-refractivity contribution in [2.24, 2.45) is 0 Å². The molecule has 0 N–H and O–H groups in total. The number of fused-ring (bicyclic) bond motifs is 8. The third-order valence-electron chi connectivity index (χ3n) is 10.9. The molecule has 10 rings (SSSR count). The molecule has 1 aliphatic heterocycles. The number of hydrogen-bond acceptors (Lipinski definition) is 3. The lowest BCUT2D eigenvalue weighted by atomic mass is 9.72. The average molecular weight is 666 g/mol. The summed E-state index contributed by atoms with van der Waals surface area (Å²) in [5.74, 6) is 0. The van der Waals surface area contributed by atoms with Gasteiger partial charge < -0.3 is 14.0 Å². The highest BCUT2D eigenvalue weighted by Crippen LogP contribution is 2.53. The third kappa shape index (κ3) is 4.14. The van der Waals surface area contributed by atoms with E-state index < -0.39 is 5.41 Å². The largest absolute Gasteiger partial charge is 0.310 e. The normalized spacial score (nSPS) is 13.3. The van der Waals surface area contributed by atoms with Crippen molar-refractivity contribution in [3.8, 4) is 23.5 Å². The van der Waals surface area contributed by atoms with E-state index in [2.05, 4.69) is 167 Å². The first-order chi connectivity index (χ1) is 25.5. The van der Waals surface area contributed by atoms with Gasteiger partial charge in [0, 0.05) is 27.0 Å². The Bertz CT molecular complexity index is 2730. The van der Waals surface area contributed by atoms with Crippen molar-refractivity contribution >= 4 is 60.7 Å². The van der Waals surface area contributed by atoms with E-state index in [9.17, 15) is 10.5 Å². The Hall–Kier alpha value is -7.08. The molecule has 0 amide bonds. The van der Waals surface area contributed by atoms with E-state index in [1.54, 1.807) is 0 Å². The van der Waals surface area contributed by atoms with E-state index in [-0.39, 0.29) is 0 Å². The van der Waals surface area contributed by atoms with Gasteiger partial charge in [-0.3, -0.25) is 0 Å². The summed E-state index contributed by atoms with van der Waals surface area (Å²) in [6.07, 6.45) is 0. The van der Waals surface area contributed by atoms with Gasteiger partial charge in [-0.15, -0.1) is 0 Å². The van der Waals surface area contributed by atoms with Crippen LogP contribution in [0.15, 0.2) is 152 Å². The van der Waals surface area contributed by atoms with Gasteiger partial charge in [-0.2, -0.15) is 10.5 Å². The number of benzene rings is 7. The second kappa shape index (κ2) is 11.0. The van der Waals surface area contributed by atoms with Crippen LogP contribution in [0.25, 0.3) is 55.0 Å². The summed E-state index contributed by atoms with van der Waals surface area (Å²) in [6.45, 7) is 4.37. The van der Waals surface area contributed by atoms with Crippen LogP contribution in [0.4, 0.5) is 17.1 Å². The Balaban J connectivity index is 1.35. The maximum Gasteiger partial charge on any atom is 0.0991 e. The molecule has 7 aromatic carbocycles. The summed E-state index contributed by atoms with van der Waals surface area (Å²) < 4.78 is 4.75. The molecule has 2 aromatic heterocycles. The highest BCUT2D eigenvalue weighted by atomic mass is 15.2. The summed E-state index contributed by atoms with van der Waals surface area (Å²) in [5, 5.41) is 24.8. The van der Waals surface area contributed by atoms with Crippen molar-refractivity contribution in [3.05, 3.63) is 174 Å². The second-order valence-corrected chi connectivity index (χ2v) is 14.1. The van der Waals surface area contributed by atoms with Gasteiger partial charge in [0.05, 0.1) is 73.8 Å². The quantitative estimate of drug-likeness (QED) is 0.189. The van der Waals surface area contributed by atoms with E-state index in [1.165, 1.54) is 21.5 Å². The number of nitrogens with zero attached hydrogens (tertiary/aromatic N) is 5. The van der Waals surface area contributed by atoms with Crippen LogP contribution >= 0.6 is 0 Å². The van der Waals surface area contributed by atoms with Crippen LogP contribution in [0.1, 0.15) is 36.1 Å². The van der Waals surface area contributed by atoms with Crippen LogP contribution < -0.4 is 4.90 Å². The predicted octanol–water partition coefficient (Wildman–Crippen LogP) is 11.7. The molecule has 0 radical (unpaired) electrons. The topological polar surface area (TPSA) is 60.7 Å². The Morgan fingerprint density at radius 3 is 1.13 bits per heavy atom. The van der Waals surface area contributed by atoms with E-state index in [0.29, 0.717) is 11.1 Å². The zero-order valence-corrected chi connectivity index (χ0v) is 28.7. The van der Waals surface area contributed by atoms with Gasteiger partial charge in [0.25, 0.3) is 0 Å². The maximum absolute atomic E-state index is 9.99. The van der Waals surface area contributed by atoms with E-state index in [0.717, 1.165) is 61.6 Å². The zero-order chi connectivity index (χ0) is 35.1. The summed E-state index contributed by atoms with van der Waals surface area (Å²) in [4.78, 5) is 2.31. The Morgan fingerprint density at radius 1 is 0.423 bits per heavy atom. The molecule has 1 aliphatic rings. The smallest absolute Gasteiger partial charge is 0.0991 e. The summed E-state index contributed by atoms with van der Waals surface area (Å²) in [7, 11) is 0. The van der Waals surface area contributed by atoms with Gasteiger partial charge in [-0.05, 0) is 90.0 Å². The number of aromatic nitrogens is 2. The van der Waals surface area contributed by atoms with E-state index in [4.69, 9.17) is 0 Å². The lowest BCUT2D eigenvalue weighted by Crippen LogP contribution is -2.31. The van der Waals surface area contributed by atoms with Gasteiger partial charge in [0.1, 0.15) is 0 Å². The summed E-state index contributed by atoms with van der Waals surface area (Å²) in [6, 6.07) is 58.0. The van der Waals surface area contributed by atoms with E-state index in [1.807, 2.05) is 24.3 Å². The van der Waals surface area contributed by atoms with Gasteiger partial charge in [-0.1, -0.05) is 86.6 Å². The Labute approximate surface area is 301 Å². The fourth-order valence-electron chi connectivity index (χ4n) is 8.52. The Kier molecular flexibility index (Phi) is 6.28. The van der Waals surface area contributed by atoms with Crippen molar-refractivity contribution in [3.63, 3.8) is 0 Å². The van der Waals surface area contributed by atoms with Crippen LogP contribution in [0, 0.1) is 22.7 Å². The SMILES string of the molecule is CC1(C)c2cc(C#N)ccc2N(c2cc(-n3c4ccccc4c4ccccc43)cc(-n3c4ccccc4c4ccccc43)c2)c2ccc(C#N)cc21. The standard InChI is InChI=1S/C47H31N5/c1-47(2)39-23-30(28-48)19-21-45(39)52(46-22-20-31(29-49)24-40(46)47)34-26-32(50-41-15-7-3-11-35(41)36-12-4-8-16-42(36)50)25-33(27-34)51-43-17-9-5-13-37(43)38-14-6-10-18-44(38)51/h3-27H,1-2H3. The lowest BCUT2D eigenvalue weighted by Gasteiger charge is -2.42. The monoisotopic (exact) mass is 665 g/mol. The highest BCUT2D eigenvalue weighted by Gasteiger charge is 2.38. The van der Waals surface area contributed by atoms with Gasteiger partial charge in [0.15, 0.2) is 0 Å². The van der Waals surface area contributed by atoms with Gasteiger partial charge in [-0.25, -0.2) is 0 Å². The lowest BCUT2D eigenvalue weighted by molar-refractivity contribution is 0.631. The first-order valence-corrected chi connectivity index (χ1v) is 17.5. The van der Waals surface area contributed by atoms with Crippen molar-refractivity contribution in [2.45, 2.75) is 19.3 Å². The molecule has 0 saturated carbocycles. The molecule has 0 aliphatic carbocycles. The van der Waals surface area contributed by atoms with Crippen LogP contribution in [0.2, 0.25) is 0 Å². The molecule has 244 valence electrons. The first kappa shape index (κ1) is 29.8. The molecule has 0 fully saturated rings. The molecule has 9 aromatic rings. The molecule has 0 spiro atoms. The molecule has 3 heterocycles. The van der Waals surface area contributed by atoms with Crippen LogP contribution in [-0.2, 0) is 5.41 Å². The van der Waals surface area contributed by atoms with Crippen LogP contribution in [-0.4, -0.2) is 9.13 Å². The second-order valence-electron chi connectivity index (χ2n) is 14.1. The molecule has 0 saturated heterocycles. The van der Waals surface area contributed by atoms with Crippen molar-refractivity contribution < 1.29 is 0 Å². The first-order valence-electron chi connectivity index (χ1n) is 17.5. The number of anilines is 3. The van der Waals surface area contributed by atoms with Crippen LogP contribution in [0.5, 0.6) is 0 Å². The van der Waals surface area contributed by atoms with Crippen LogP contribution in [0.3, 0.4) is 0 Å². The third-order valence-corrected chi connectivity index (χ3v) is 10.9. The average Bonchev–Trinajstić information content (AvgIpc) is 3.71. The molecule has 0 unspecified atom stereocenters. The van der Waals surface area contributed by atoms with Gasteiger partial charge in [0.2, 0.25) is 0 Å². The molecule has 52 heavy (non-hydrogen) atoms. The molecule has 0 bridgehead atoms.